The van der Waals surface area contributed by atoms with E-state index >= 15 is 0 Å². The number of aromatic amines is 1. The predicted molar refractivity (Wildman–Crippen MR) is 107 cm³/mol. The van der Waals surface area contributed by atoms with Crippen molar-refractivity contribution in [2.45, 2.75) is 6.42 Å². The highest BCUT2D eigenvalue weighted by Crippen LogP contribution is 2.37. The van der Waals surface area contributed by atoms with Gasteiger partial charge in [-0.1, -0.05) is 0 Å². The molecule has 132 valence electrons. The number of hydrogen-bond acceptors (Lipinski definition) is 5. The Morgan fingerprint density at radius 3 is 2.60 bits per heavy atom. The van der Waals surface area contributed by atoms with Crippen LogP contribution in [-0.4, -0.2) is 41.2 Å². The summed E-state index contributed by atoms with van der Waals surface area (Å²) in [5, 5.41) is 13.7. The molecule has 0 fully saturated rings. The average Bonchev–Trinajstić information content (AvgIpc) is 2.95. The zero-order valence-corrected chi connectivity index (χ0v) is 17.2. The first-order valence-corrected chi connectivity index (χ1v) is 9.16. The largest absolute Gasteiger partial charge is 0.494 e. The Bertz CT molecular complexity index is 851. The second-order valence-electron chi connectivity index (χ2n) is 5.60. The minimum atomic E-state index is 0.173. The number of nitrogens with zero attached hydrogens (tertiary/aromatic N) is 2. The summed E-state index contributed by atoms with van der Waals surface area (Å²) in [6.45, 7) is 0. The van der Waals surface area contributed by atoms with Crippen LogP contribution in [0.5, 0.6) is 5.75 Å². The van der Waals surface area contributed by atoms with Gasteiger partial charge < -0.3 is 25.0 Å². The Balaban J connectivity index is 2.07. The normalized spacial score (nSPS) is 13.7. The number of imidazole rings is 1. The van der Waals surface area contributed by atoms with Crippen molar-refractivity contribution < 1.29 is 9.84 Å². The molecule has 0 saturated carbocycles. The van der Waals surface area contributed by atoms with Crippen LogP contribution >= 0.6 is 31.9 Å². The molecular weight excluding hydrogens is 452 g/mol. The number of benzene rings is 1. The van der Waals surface area contributed by atoms with Crippen molar-refractivity contribution in [1.29, 1.82) is 0 Å². The summed E-state index contributed by atoms with van der Waals surface area (Å²) in [6.07, 6.45) is 4.21. The molecule has 0 unspecified atom stereocenters. The van der Waals surface area contributed by atoms with Gasteiger partial charge in [-0.3, -0.25) is 0 Å². The van der Waals surface area contributed by atoms with Crippen molar-refractivity contribution in [1.82, 2.24) is 14.9 Å². The molecule has 3 rings (SSSR count). The Morgan fingerprint density at radius 1 is 1.32 bits per heavy atom. The number of ether oxygens (including phenoxy) is 1. The Labute approximate surface area is 162 Å². The first-order chi connectivity index (χ1) is 11.9. The molecule has 1 aliphatic heterocycles. The van der Waals surface area contributed by atoms with Crippen molar-refractivity contribution in [3.63, 3.8) is 0 Å². The third-order valence-electron chi connectivity index (χ3n) is 3.97. The van der Waals surface area contributed by atoms with Crippen LogP contribution in [0.4, 0.5) is 5.95 Å². The summed E-state index contributed by atoms with van der Waals surface area (Å²) in [4.78, 5) is 9.44. The van der Waals surface area contributed by atoms with Crippen LogP contribution in [-0.2, 0) is 6.42 Å². The van der Waals surface area contributed by atoms with E-state index < -0.39 is 0 Å². The van der Waals surface area contributed by atoms with E-state index in [-0.39, 0.29) is 5.88 Å². The second-order valence-corrected chi connectivity index (χ2v) is 7.30. The highest BCUT2D eigenvalue weighted by molar-refractivity contribution is 9.11. The van der Waals surface area contributed by atoms with Crippen molar-refractivity contribution in [3.8, 4) is 5.75 Å². The number of aromatic nitrogens is 2. The lowest BCUT2D eigenvalue weighted by molar-refractivity contribution is 0.286. The maximum atomic E-state index is 10.7. The fraction of sp³-hybridized carbons (Fsp3) is 0.235. The molecule has 1 aromatic heterocycles. The number of H-pyrrole nitrogens is 1. The Morgan fingerprint density at radius 2 is 2.00 bits per heavy atom. The van der Waals surface area contributed by atoms with E-state index in [1.54, 1.807) is 32.3 Å². The fourth-order valence-electron chi connectivity index (χ4n) is 2.71. The lowest BCUT2D eigenvalue weighted by atomic mass is 10.0. The highest BCUT2D eigenvalue weighted by atomic mass is 79.9. The molecule has 0 spiro atoms. The number of nitrogens with one attached hydrogen (secondary N) is 2. The zero-order chi connectivity index (χ0) is 18.1. The molecule has 2 aromatic rings. The highest BCUT2D eigenvalue weighted by Gasteiger charge is 2.22. The fourth-order valence-corrected chi connectivity index (χ4v) is 4.31. The third kappa shape index (κ3) is 3.41. The van der Waals surface area contributed by atoms with Crippen LogP contribution in [0.25, 0.3) is 11.6 Å². The Kier molecular flexibility index (Phi) is 5.10. The Hall–Kier alpha value is -1.93. The maximum Gasteiger partial charge on any atom is 0.200 e. The summed E-state index contributed by atoms with van der Waals surface area (Å²) in [5.74, 6) is 1.56. The van der Waals surface area contributed by atoms with Gasteiger partial charge in [0.25, 0.3) is 0 Å². The summed E-state index contributed by atoms with van der Waals surface area (Å²) < 4.78 is 7.04. The van der Waals surface area contributed by atoms with Crippen LogP contribution in [0.15, 0.2) is 33.2 Å². The van der Waals surface area contributed by atoms with E-state index in [1.165, 1.54) is 0 Å². The van der Waals surface area contributed by atoms with Gasteiger partial charge in [-0.15, -0.1) is 0 Å². The summed E-state index contributed by atoms with van der Waals surface area (Å²) in [7, 11) is 5.23. The first kappa shape index (κ1) is 17.9. The molecule has 0 bridgehead atoms. The second kappa shape index (κ2) is 7.13. The van der Waals surface area contributed by atoms with Gasteiger partial charge in [-0.05, 0) is 55.6 Å². The molecule has 1 aromatic carbocycles. The van der Waals surface area contributed by atoms with E-state index in [4.69, 9.17) is 4.74 Å². The number of allylic oxidation sites excluding steroid dienone is 1. The topological polar surface area (TPSA) is 73.4 Å². The number of halogens is 2. The van der Waals surface area contributed by atoms with Crippen LogP contribution in [0.2, 0.25) is 0 Å². The molecule has 8 heteroatoms. The van der Waals surface area contributed by atoms with Crippen LogP contribution in [0.1, 0.15) is 17.0 Å². The first-order valence-electron chi connectivity index (χ1n) is 7.57. The third-order valence-corrected chi connectivity index (χ3v) is 5.14. The number of fused-ring (bicyclic) bond motifs is 1. The van der Waals surface area contributed by atoms with Gasteiger partial charge in [0.05, 0.1) is 27.4 Å². The molecule has 0 amide bonds. The summed E-state index contributed by atoms with van der Waals surface area (Å²) in [6, 6.07) is 3.96. The van der Waals surface area contributed by atoms with Crippen molar-refractivity contribution in [2.24, 2.45) is 0 Å². The van der Waals surface area contributed by atoms with Gasteiger partial charge >= 0.3 is 0 Å². The quantitative estimate of drug-likeness (QED) is 0.620. The van der Waals surface area contributed by atoms with Crippen LogP contribution < -0.4 is 10.1 Å². The van der Waals surface area contributed by atoms with Gasteiger partial charge in [0.15, 0.2) is 5.88 Å². The molecule has 0 aliphatic carbocycles. The molecule has 0 atom stereocenters. The average molecular weight is 470 g/mol. The van der Waals surface area contributed by atoms with Gasteiger partial charge in [0.1, 0.15) is 5.75 Å². The van der Waals surface area contributed by atoms with Crippen molar-refractivity contribution in [3.05, 3.63) is 50.1 Å². The molecule has 6 nitrogen and oxygen atoms in total. The monoisotopic (exact) mass is 468 g/mol. The molecule has 3 N–H and O–H groups in total. The standard InChI is InChI=1S/C17H18Br2N4O2/c1-20-17-21-13-4-5-23(2)16(24)10(14(13)22-17)6-9-7-11(18)15(25-3)12(19)8-9/h4-5,7-8,24H,6H2,1-3H3,(H2,20,21,22). The van der Waals surface area contributed by atoms with E-state index in [0.29, 0.717) is 12.4 Å². The van der Waals surface area contributed by atoms with Gasteiger partial charge in [0.2, 0.25) is 5.95 Å². The van der Waals surface area contributed by atoms with Crippen LogP contribution in [0, 0.1) is 0 Å². The van der Waals surface area contributed by atoms with E-state index in [9.17, 15) is 5.11 Å². The molecule has 1 aliphatic rings. The molecule has 0 saturated heterocycles. The molecule has 25 heavy (non-hydrogen) atoms. The number of aliphatic hydroxyl groups excluding tert-OH is 1. The van der Waals surface area contributed by atoms with Crippen LogP contribution in [0.3, 0.4) is 0 Å². The lowest BCUT2D eigenvalue weighted by Gasteiger charge is -2.16. The molecular formula is C17H18Br2N4O2. The maximum absolute atomic E-state index is 10.7. The minimum absolute atomic E-state index is 0.173. The minimum Gasteiger partial charge on any atom is -0.494 e. The van der Waals surface area contributed by atoms with Crippen molar-refractivity contribution >= 4 is 49.5 Å². The predicted octanol–water partition coefficient (Wildman–Crippen LogP) is 4.37. The van der Waals surface area contributed by atoms with Gasteiger partial charge in [-0.25, -0.2) is 4.98 Å². The number of methoxy groups -OCH3 is 1. The summed E-state index contributed by atoms with van der Waals surface area (Å²) in [5.41, 5.74) is 3.33. The van der Waals surface area contributed by atoms with Crippen molar-refractivity contribution in [2.75, 3.05) is 26.5 Å². The summed E-state index contributed by atoms with van der Waals surface area (Å²) >= 11 is 7.05. The smallest absolute Gasteiger partial charge is 0.200 e. The molecule has 2 heterocycles. The zero-order valence-electron chi connectivity index (χ0n) is 14.0. The number of aliphatic hydroxyl groups is 1. The van der Waals surface area contributed by atoms with Gasteiger partial charge in [0, 0.05) is 32.3 Å². The molecule has 0 radical (unpaired) electrons. The SMILES string of the molecule is CNc1nc2c([nH]1)C=CN(C)C(O)=C2Cc1cc(Br)c(OC)c(Br)c1. The van der Waals surface area contributed by atoms with E-state index in [2.05, 4.69) is 47.1 Å². The lowest BCUT2D eigenvalue weighted by Crippen LogP contribution is -2.12. The number of rotatable bonds is 4. The number of anilines is 1. The van der Waals surface area contributed by atoms with E-state index in [0.717, 1.165) is 37.2 Å². The van der Waals surface area contributed by atoms with Gasteiger partial charge in [-0.2, -0.15) is 0 Å². The van der Waals surface area contributed by atoms with E-state index in [1.807, 2.05) is 18.2 Å². The number of hydrogen-bond donors (Lipinski definition) is 3.